The highest BCUT2D eigenvalue weighted by Gasteiger charge is 2.16. The van der Waals surface area contributed by atoms with E-state index in [0.29, 0.717) is 4.34 Å². The zero-order valence-corrected chi connectivity index (χ0v) is 11.3. The first-order valence-electron chi connectivity index (χ1n) is 5.82. The van der Waals surface area contributed by atoms with E-state index in [0.717, 1.165) is 51.4 Å². The van der Waals surface area contributed by atoms with E-state index in [1.165, 1.54) is 11.5 Å². The number of aliphatic hydroxyl groups excluding tert-OH is 1. The summed E-state index contributed by atoms with van der Waals surface area (Å²) < 4.78 is 4.54. The molecule has 1 aliphatic heterocycles. The van der Waals surface area contributed by atoms with E-state index in [1.54, 1.807) is 0 Å². The average Bonchev–Trinajstić information content (AvgIpc) is 2.59. The highest BCUT2D eigenvalue weighted by Crippen LogP contribution is 2.19. The third kappa shape index (κ3) is 3.86. The molecule has 1 aliphatic rings. The van der Waals surface area contributed by atoms with Crippen LogP contribution in [0.4, 0.5) is 0 Å². The van der Waals surface area contributed by atoms with Gasteiger partial charge in [-0.25, -0.2) is 0 Å². The second-order valence-electron chi connectivity index (χ2n) is 4.19. The van der Waals surface area contributed by atoms with E-state index >= 15 is 0 Å². The molecule has 0 aromatic carbocycles. The van der Waals surface area contributed by atoms with Crippen LogP contribution in [0.2, 0.25) is 4.34 Å². The molecule has 96 valence electrons. The summed E-state index contributed by atoms with van der Waals surface area (Å²) >= 11 is 7.24. The second-order valence-corrected chi connectivity index (χ2v) is 5.54. The zero-order valence-electron chi connectivity index (χ0n) is 9.68. The fraction of sp³-hybridized carbons (Fsp3) is 0.800. The topological polar surface area (TPSA) is 52.5 Å². The first-order chi connectivity index (χ1) is 8.29. The summed E-state index contributed by atoms with van der Waals surface area (Å²) in [4.78, 5) is 4.64. The average molecular weight is 277 g/mol. The maximum atomic E-state index is 8.93. The zero-order chi connectivity index (χ0) is 12.1. The van der Waals surface area contributed by atoms with Crippen LogP contribution in [-0.4, -0.2) is 63.8 Å². The first kappa shape index (κ1) is 13.2. The van der Waals surface area contributed by atoms with Crippen molar-refractivity contribution in [1.29, 1.82) is 0 Å². The molecule has 1 fully saturated rings. The van der Waals surface area contributed by atoms with E-state index in [4.69, 9.17) is 16.7 Å². The minimum absolute atomic E-state index is 0.238. The van der Waals surface area contributed by atoms with Gasteiger partial charge in [0.2, 0.25) is 0 Å². The minimum atomic E-state index is 0.238. The largest absolute Gasteiger partial charge is 0.395 e. The molecule has 5 nitrogen and oxygen atoms in total. The van der Waals surface area contributed by atoms with Crippen LogP contribution in [-0.2, 0) is 6.54 Å². The fourth-order valence-electron chi connectivity index (χ4n) is 2.05. The Morgan fingerprint density at radius 1 is 1.24 bits per heavy atom. The molecule has 0 radical (unpaired) electrons. The Kier molecular flexibility index (Phi) is 5.12. The number of hydrogen-bond donors (Lipinski definition) is 1. The molecule has 1 saturated heterocycles. The molecule has 0 bridgehead atoms. The van der Waals surface area contributed by atoms with Gasteiger partial charge in [-0.2, -0.15) is 0 Å². The van der Waals surface area contributed by atoms with Crippen molar-refractivity contribution in [3.8, 4) is 0 Å². The quantitative estimate of drug-likeness (QED) is 0.877. The van der Waals surface area contributed by atoms with Gasteiger partial charge in [0.15, 0.2) is 0 Å². The third-order valence-corrected chi connectivity index (χ3v) is 3.96. The Labute approximate surface area is 110 Å². The number of halogens is 1. The Balaban J connectivity index is 1.85. The standard InChI is InChI=1S/C10H17ClN4OS/c11-10-9(12-13-17-10)8-15-3-1-2-14(4-5-15)6-7-16/h16H,1-8H2. The molecule has 1 N–H and O–H groups in total. The van der Waals surface area contributed by atoms with Crippen molar-refractivity contribution >= 4 is 23.1 Å². The second kappa shape index (κ2) is 6.61. The molecule has 0 aliphatic carbocycles. The molecular weight excluding hydrogens is 260 g/mol. The third-order valence-electron chi connectivity index (χ3n) is 2.98. The van der Waals surface area contributed by atoms with Gasteiger partial charge in [0, 0.05) is 37.7 Å². The smallest absolute Gasteiger partial charge is 0.138 e. The summed E-state index contributed by atoms with van der Waals surface area (Å²) in [6.45, 7) is 5.89. The lowest BCUT2D eigenvalue weighted by molar-refractivity contribution is 0.195. The van der Waals surface area contributed by atoms with Gasteiger partial charge in [-0.3, -0.25) is 9.80 Å². The Morgan fingerprint density at radius 2 is 2.00 bits per heavy atom. The predicted molar refractivity (Wildman–Crippen MR) is 68.3 cm³/mol. The molecule has 0 amide bonds. The lowest BCUT2D eigenvalue weighted by Gasteiger charge is -2.20. The highest BCUT2D eigenvalue weighted by molar-refractivity contribution is 7.10. The van der Waals surface area contributed by atoms with Crippen molar-refractivity contribution in [2.45, 2.75) is 13.0 Å². The summed E-state index contributed by atoms with van der Waals surface area (Å²) in [7, 11) is 0. The molecule has 2 rings (SSSR count). The SMILES string of the molecule is OCCN1CCCN(Cc2nnsc2Cl)CC1. The van der Waals surface area contributed by atoms with Crippen LogP contribution in [0.15, 0.2) is 0 Å². The van der Waals surface area contributed by atoms with E-state index in [-0.39, 0.29) is 6.61 Å². The minimum Gasteiger partial charge on any atom is -0.395 e. The highest BCUT2D eigenvalue weighted by atomic mass is 35.5. The molecule has 2 heterocycles. The van der Waals surface area contributed by atoms with E-state index < -0.39 is 0 Å². The molecule has 7 heteroatoms. The number of rotatable bonds is 4. The fourth-order valence-corrected chi connectivity index (χ4v) is 2.66. The number of β-amino-alcohol motifs (C(OH)–C–C–N with tert-alkyl or cyclic N) is 1. The predicted octanol–water partition coefficient (Wildman–Crippen LogP) is 0.691. The maximum absolute atomic E-state index is 8.93. The van der Waals surface area contributed by atoms with Crippen molar-refractivity contribution in [1.82, 2.24) is 19.4 Å². The van der Waals surface area contributed by atoms with Gasteiger partial charge < -0.3 is 5.11 Å². The summed E-state index contributed by atoms with van der Waals surface area (Å²) in [5.41, 5.74) is 0.882. The molecule has 0 spiro atoms. The van der Waals surface area contributed by atoms with Crippen LogP contribution in [0.1, 0.15) is 12.1 Å². The van der Waals surface area contributed by atoms with Crippen molar-refractivity contribution < 1.29 is 5.11 Å². The van der Waals surface area contributed by atoms with Crippen LogP contribution in [0, 0.1) is 0 Å². The monoisotopic (exact) mass is 276 g/mol. The van der Waals surface area contributed by atoms with Crippen LogP contribution in [0.25, 0.3) is 0 Å². The molecule has 0 atom stereocenters. The lowest BCUT2D eigenvalue weighted by atomic mass is 10.3. The van der Waals surface area contributed by atoms with Crippen LogP contribution >= 0.6 is 23.1 Å². The number of aromatic nitrogens is 2. The maximum Gasteiger partial charge on any atom is 0.138 e. The van der Waals surface area contributed by atoms with Crippen LogP contribution in [0.5, 0.6) is 0 Å². The summed E-state index contributed by atoms with van der Waals surface area (Å²) in [6, 6.07) is 0. The molecule has 1 aromatic heterocycles. The Bertz CT molecular complexity index is 349. The number of nitrogens with zero attached hydrogens (tertiary/aromatic N) is 4. The summed E-state index contributed by atoms with van der Waals surface area (Å²) in [6.07, 6.45) is 1.12. The normalized spacial score (nSPS) is 19.4. The molecule has 0 unspecified atom stereocenters. The first-order valence-corrected chi connectivity index (χ1v) is 6.97. The van der Waals surface area contributed by atoms with E-state index in [1.807, 2.05) is 0 Å². The van der Waals surface area contributed by atoms with Gasteiger partial charge in [-0.1, -0.05) is 16.1 Å². The van der Waals surface area contributed by atoms with Gasteiger partial charge in [-0.05, 0) is 19.5 Å². The number of aliphatic hydroxyl groups is 1. The molecule has 17 heavy (non-hydrogen) atoms. The molecule has 0 saturated carbocycles. The van der Waals surface area contributed by atoms with Gasteiger partial charge in [0.05, 0.1) is 6.61 Å². The van der Waals surface area contributed by atoms with Crippen molar-refractivity contribution in [2.75, 3.05) is 39.3 Å². The molecule has 1 aromatic rings. The summed E-state index contributed by atoms with van der Waals surface area (Å²) in [5, 5.41) is 13.0. The Hall–Kier alpha value is -0.270. The van der Waals surface area contributed by atoms with Gasteiger partial charge >= 0.3 is 0 Å². The van der Waals surface area contributed by atoms with Gasteiger partial charge in [0.1, 0.15) is 10.0 Å². The van der Waals surface area contributed by atoms with Gasteiger partial charge in [0.25, 0.3) is 0 Å². The number of hydrogen-bond acceptors (Lipinski definition) is 6. The Morgan fingerprint density at radius 3 is 2.71 bits per heavy atom. The van der Waals surface area contributed by atoms with E-state index in [2.05, 4.69) is 19.4 Å². The van der Waals surface area contributed by atoms with Crippen LogP contribution < -0.4 is 0 Å². The van der Waals surface area contributed by atoms with Crippen molar-refractivity contribution in [2.24, 2.45) is 0 Å². The lowest BCUT2D eigenvalue weighted by Crippen LogP contribution is -2.32. The van der Waals surface area contributed by atoms with E-state index in [9.17, 15) is 0 Å². The van der Waals surface area contributed by atoms with Crippen molar-refractivity contribution in [3.63, 3.8) is 0 Å². The summed E-state index contributed by atoms with van der Waals surface area (Å²) in [5.74, 6) is 0. The van der Waals surface area contributed by atoms with Gasteiger partial charge in [-0.15, -0.1) is 5.10 Å². The van der Waals surface area contributed by atoms with Crippen LogP contribution in [0.3, 0.4) is 0 Å². The van der Waals surface area contributed by atoms with Crippen molar-refractivity contribution in [3.05, 3.63) is 10.0 Å². The molecular formula is C10H17ClN4OS.